The van der Waals surface area contributed by atoms with Crippen LogP contribution in [0.1, 0.15) is 38.2 Å². The molecular weight excluding hydrogens is 357 g/mol. The van der Waals surface area contributed by atoms with Crippen LogP contribution in [0.5, 0.6) is 5.75 Å². The van der Waals surface area contributed by atoms with Crippen molar-refractivity contribution in [1.82, 2.24) is 5.32 Å². The third-order valence-electron chi connectivity index (χ3n) is 4.25. The molecule has 3 N–H and O–H groups in total. The van der Waals surface area contributed by atoms with Crippen LogP contribution >= 0.6 is 12.4 Å². The van der Waals surface area contributed by atoms with Gasteiger partial charge in [0.2, 0.25) is 5.91 Å². The van der Waals surface area contributed by atoms with Crippen LogP contribution in [0, 0.1) is 5.92 Å². The Hall–Kier alpha value is -1.47. The molecule has 142 valence electrons. The van der Waals surface area contributed by atoms with E-state index in [0.717, 1.165) is 25.3 Å². The van der Waals surface area contributed by atoms with E-state index >= 15 is 0 Å². The summed E-state index contributed by atoms with van der Waals surface area (Å²) in [4.78, 5) is 12.0. The summed E-state index contributed by atoms with van der Waals surface area (Å²) in [7, 11) is 0. The van der Waals surface area contributed by atoms with Crippen LogP contribution in [0.25, 0.3) is 0 Å². The zero-order valence-electron chi connectivity index (χ0n) is 14.0. The first-order chi connectivity index (χ1) is 11.3. The van der Waals surface area contributed by atoms with Gasteiger partial charge >= 0.3 is 6.18 Å². The Labute approximate surface area is 151 Å². The number of nitrogens with one attached hydrogen (secondary N) is 1. The maximum atomic E-state index is 12.9. The van der Waals surface area contributed by atoms with Gasteiger partial charge in [0.25, 0.3) is 0 Å². The Morgan fingerprint density at radius 2 is 2.04 bits per heavy atom. The zero-order chi connectivity index (χ0) is 17.7. The second-order valence-corrected chi connectivity index (χ2v) is 6.33. The number of rotatable bonds is 6. The minimum atomic E-state index is -4.47. The van der Waals surface area contributed by atoms with E-state index in [2.05, 4.69) is 5.32 Å². The highest BCUT2D eigenvalue weighted by molar-refractivity contribution is 5.85. The molecule has 1 aromatic carbocycles. The first kappa shape index (κ1) is 21.6. The van der Waals surface area contributed by atoms with Gasteiger partial charge in [-0.05, 0) is 37.8 Å². The molecule has 1 fully saturated rings. The van der Waals surface area contributed by atoms with Crippen LogP contribution in [0.4, 0.5) is 13.2 Å². The second kappa shape index (κ2) is 9.29. The number of para-hydroxylation sites is 1. The highest BCUT2D eigenvalue weighted by atomic mass is 35.5. The molecule has 1 aliphatic carbocycles. The molecule has 1 saturated carbocycles. The molecule has 1 aromatic rings. The molecule has 25 heavy (non-hydrogen) atoms. The number of carbonyl (C=O) groups is 1. The highest BCUT2D eigenvalue weighted by Crippen LogP contribution is 2.35. The van der Waals surface area contributed by atoms with E-state index in [4.69, 9.17) is 10.5 Å². The molecule has 0 radical (unpaired) electrons. The highest BCUT2D eigenvalue weighted by Gasteiger charge is 2.34. The number of hydrogen-bond donors (Lipinski definition) is 2. The monoisotopic (exact) mass is 380 g/mol. The Bertz CT molecular complexity index is 569. The fraction of sp³-hybridized carbons (Fsp3) is 0.588. The quantitative estimate of drug-likeness (QED) is 0.793. The number of nitrogens with two attached hydrogens (primary N) is 1. The van der Waals surface area contributed by atoms with Gasteiger partial charge in [0.05, 0.1) is 11.6 Å². The second-order valence-electron chi connectivity index (χ2n) is 6.33. The van der Waals surface area contributed by atoms with Crippen molar-refractivity contribution in [3.05, 3.63) is 29.8 Å². The van der Waals surface area contributed by atoms with E-state index in [-0.39, 0.29) is 42.6 Å². The summed E-state index contributed by atoms with van der Waals surface area (Å²) in [6, 6.07) is 4.70. The standard InChI is InChI=1S/C17H23F3N2O2.ClH/c1-11(22-16(23)9-12-5-4-7-14(12)21)10-24-15-8-3-2-6-13(15)17(18,19)20;/h2-3,6,8,11-12,14H,4-5,7,9-10,21H2,1H3,(H,22,23);1H/t11?,12-,14+;/m0./s1. The number of ether oxygens (including phenoxy) is 1. The Morgan fingerprint density at radius 3 is 2.64 bits per heavy atom. The molecule has 8 heteroatoms. The lowest BCUT2D eigenvalue weighted by Crippen LogP contribution is -2.39. The normalized spacial score (nSPS) is 21.3. The fourth-order valence-corrected chi connectivity index (χ4v) is 2.97. The molecule has 4 nitrogen and oxygen atoms in total. The van der Waals surface area contributed by atoms with E-state index in [9.17, 15) is 18.0 Å². The Morgan fingerprint density at radius 1 is 1.36 bits per heavy atom. The average molecular weight is 381 g/mol. The van der Waals surface area contributed by atoms with Crippen LogP contribution in [-0.2, 0) is 11.0 Å². The predicted molar refractivity (Wildman–Crippen MR) is 91.7 cm³/mol. The lowest BCUT2D eigenvalue weighted by atomic mass is 10.00. The van der Waals surface area contributed by atoms with Gasteiger partial charge in [-0.15, -0.1) is 12.4 Å². The molecule has 3 atom stereocenters. The van der Waals surface area contributed by atoms with E-state index in [1.165, 1.54) is 18.2 Å². The summed E-state index contributed by atoms with van der Waals surface area (Å²) >= 11 is 0. The van der Waals surface area contributed by atoms with Gasteiger partial charge in [-0.1, -0.05) is 18.6 Å². The first-order valence-corrected chi connectivity index (χ1v) is 8.11. The summed E-state index contributed by atoms with van der Waals surface area (Å²) in [5, 5.41) is 2.76. The Kier molecular flexibility index (Phi) is 8.02. The van der Waals surface area contributed by atoms with Crippen molar-refractivity contribution in [2.24, 2.45) is 11.7 Å². The van der Waals surface area contributed by atoms with Crippen molar-refractivity contribution in [3.8, 4) is 5.75 Å². The molecule has 2 rings (SSSR count). The van der Waals surface area contributed by atoms with Gasteiger partial charge in [-0.2, -0.15) is 13.2 Å². The van der Waals surface area contributed by atoms with Crippen molar-refractivity contribution in [2.45, 2.75) is 50.9 Å². The predicted octanol–water partition coefficient (Wildman–Crippen LogP) is 3.53. The number of carbonyl (C=O) groups excluding carboxylic acids is 1. The van der Waals surface area contributed by atoms with Crippen LogP contribution in [0.2, 0.25) is 0 Å². The third-order valence-corrected chi connectivity index (χ3v) is 4.25. The van der Waals surface area contributed by atoms with Gasteiger partial charge < -0.3 is 15.8 Å². The van der Waals surface area contributed by atoms with Gasteiger partial charge in [0.15, 0.2) is 0 Å². The van der Waals surface area contributed by atoms with E-state index in [1.54, 1.807) is 6.92 Å². The zero-order valence-corrected chi connectivity index (χ0v) is 14.8. The molecular formula is C17H24ClF3N2O2. The van der Waals surface area contributed by atoms with Crippen molar-refractivity contribution in [2.75, 3.05) is 6.61 Å². The molecule has 1 unspecified atom stereocenters. The number of amides is 1. The maximum absolute atomic E-state index is 12.9. The van der Waals surface area contributed by atoms with Gasteiger partial charge in [0.1, 0.15) is 12.4 Å². The van der Waals surface area contributed by atoms with Gasteiger partial charge in [-0.3, -0.25) is 4.79 Å². The number of halogens is 4. The van der Waals surface area contributed by atoms with Crippen molar-refractivity contribution in [1.29, 1.82) is 0 Å². The minimum absolute atomic E-state index is 0. The number of alkyl halides is 3. The fourth-order valence-electron chi connectivity index (χ4n) is 2.97. The van der Waals surface area contributed by atoms with Crippen LogP contribution in [0.3, 0.4) is 0 Å². The van der Waals surface area contributed by atoms with Gasteiger partial charge in [-0.25, -0.2) is 0 Å². The largest absolute Gasteiger partial charge is 0.491 e. The average Bonchev–Trinajstić information content (AvgIpc) is 2.89. The SMILES string of the molecule is CC(COc1ccccc1C(F)(F)F)NC(=O)C[C@@H]1CCC[C@H]1N.Cl. The van der Waals surface area contributed by atoms with E-state index in [0.29, 0.717) is 6.42 Å². The summed E-state index contributed by atoms with van der Waals surface area (Å²) in [5.41, 5.74) is 5.12. The molecule has 0 bridgehead atoms. The number of hydrogen-bond acceptors (Lipinski definition) is 3. The van der Waals surface area contributed by atoms with Crippen molar-refractivity contribution in [3.63, 3.8) is 0 Å². The molecule has 0 aliphatic heterocycles. The summed E-state index contributed by atoms with van der Waals surface area (Å²) < 4.78 is 43.9. The molecule has 0 heterocycles. The summed E-state index contributed by atoms with van der Waals surface area (Å²) in [6.45, 7) is 1.66. The van der Waals surface area contributed by atoms with E-state index < -0.39 is 17.8 Å². The van der Waals surface area contributed by atoms with Gasteiger partial charge in [0, 0.05) is 12.5 Å². The van der Waals surface area contributed by atoms with Crippen molar-refractivity contribution < 1.29 is 22.7 Å². The Balaban J connectivity index is 0.00000312. The number of benzene rings is 1. The van der Waals surface area contributed by atoms with Crippen molar-refractivity contribution >= 4 is 18.3 Å². The summed E-state index contributed by atoms with van der Waals surface area (Å²) in [5.74, 6) is -0.189. The molecule has 1 aliphatic rings. The molecule has 0 aromatic heterocycles. The first-order valence-electron chi connectivity index (χ1n) is 8.11. The lowest BCUT2D eigenvalue weighted by Gasteiger charge is -2.19. The molecule has 1 amide bonds. The molecule has 0 saturated heterocycles. The summed E-state index contributed by atoms with van der Waals surface area (Å²) in [6.07, 6.45) is -1.21. The van der Waals surface area contributed by atoms with Crippen LogP contribution in [0.15, 0.2) is 24.3 Å². The maximum Gasteiger partial charge on any atom is 0.419 e. The van der Waals surface area contributed by atoms with Crippen LogP contribution < -0.4 is 15.8 Å². The minimum Gasteiger partial charge on any atom is -0.491 e. The topological polar surface area (TPSA) is 64.3 Å². The van der Waals surface area contributed by atoms with E-state index in [1.807, 2.05) is 0 Å². The molecule has 0 spiro atoms. The third kappa shape index (κ3) is 6.40. The smallest absolute Gasteiger partial charge is 0.419 e. The lowest BCUT2D eigenvalue weighted by molar-refractivity contribution is -0.139. The van der Waals surface area contributed by atoms with Crippen LogP contribution in [-0.4, -0.2) is 24.6 Å².